The molecule has 0 aliphatic heterocycles. The fourth-order valence-electron chi connectivity index (χ4n) is 1.73. The number of esters is 1. The van der Waals surface area contributed by atoms with Gasteiger partial charge in [0.2, 0.25) is 5.92 Å². The van der Waals surface area contributed by atoms with E-state index in [9.17, 15) is 13.6 Å². The number of carbonyl (C=O) groups is 1. The molecule has 0 aromatic carbocycles. The molecule has 0 unspecified atom stereocenters. The fourth-order valence-corrected chi connectivity index (χ4v) is 1.73. The maximum Gasteiger partial charge on any atom is 0.310 e. The molecule has 1 saturated carbocycles. The van der Waals surface area contributed by atoms with Crippen LogP contribution in [0.2, 0.25) is 0 Å². The molecule has 1 fully saturated rings. The second-order valence-electron chi connectivity index (χ2n) is 3.50. The lowest BCUT2D eigenvalue weighted by Gasteiger charge is -2.31. The minimum Gasteiger partial charge on any atom is -0.469 e. The summed E-state index contributed by atoms with van der Waals surface area (Å²) in [5.74, 6) is -2.31. The number of terminal acetylenes is 1. The Morgan fingerprint density at radius 3 is 2.79 bits per heavy atom. The summed E-state index contributed by atoms with van der Waals surface area (Å²) in [6.45, 7) is 0. The van der Waals surface area contributed by atoms with Crippen LogP contribution in [0.25, 0.3) is 0 Å². The van der Waals surface area contributed by atoms with E-state index in [0.717, 1.165) is 0 Å². The van der Waals surface area contributed by atoms with Gasteiger partial charge in [-0.15, -0.1) is 12.3 Å². The summed E-state index contributed by atoms with van der Waals surface area (Å²) in [6.07, 6.45) is 4.62. The number of rotatable bonds is 1. The van der Waals surface area contributed by atoms with E-state index in [1.165, 1.54) is 7.11 Å². The molecule has 0 aromatic heterocycles. The summed E-state index contributed by atoms with van der Waals surface area (Å²) in [4.78, 5) is 11.2. The fraction of sp³-hybridized carbons (Fsp3) is 0.700. The van der Waals surface area contributed by atoms with Crippen molar-refractivity contribution in [3.63, 3.8) is 0 Å². The van der Waals surface area contributed by atoms with E-state index in [1.807, 2.05) is 0 Å². The second-order valence-corrected chi connectivity index (χ2v) is 3.50. The van der Waals surface area contributed by atoms with Crippen molar-refractivity contribution in [1.82, 2.24) is 0 Å². The highest BCUT2D eigenvalue weighted by Gasteiger charge is 2.44. The third-order valence-electron chi connectivity index (χ3n) is 2.54. The van der Waals surface area contributed by atoms with Crippen molar-refractivity contribution in [2.45, 2.75) is 25.2 Å². The molecule has 2 nitrogen and oxygen atoms in total. The van der Waals surface area contributed by atoms with Crippen LogP contribution in [-0.4, -0.2) is 19.0 Å². The molecule has 0 spiro atoms. The van der Waals surface area contributed by atoms with E-state index in [1.54, 1.807) is 0 Å². The Morgan fingerprint density at radius 1 is 1.64 bits per heavy atom. The lowest BCUT2D eigenvalue weighted by molar-refractivity contribution is -0.154. The standard InChI is InChI=1S/C10H12F2O2/c1-3-7-4-5-10(11,12)6-8(7)9(13)14-2/h1,7-8H,4-6H2,2H3/t7-,8-/m1/s1. The van der Waals surface area contributed by atoms with Crippen molar-refractivity contribution in [1.29, 1.82) is 0 Å². The molecule has 0 heterocycles. The van der Waals surface area contributed by atoms with Crippen LogP contribution in [-0.2, 0) is 9.53 Å². The Balaban J connectivity index is 2.77. The maximum absolute atomic E-state index is 13.0. The Bertz CT molecular complexity index is 268. The number of ether oxygens (including phenoxy) is 1. The van der Waals surface area contributed by atoms with Crippen LogP contribution in [0.3, 0.4) is 0 Å². The molecule has 0 N–H and O–H groups in total. The highest BCUT2D eigenvalue weighted by molar-refractivity contribution is 5.73. The van der Waals surface area contributed by atoms with E-state index in [2.05, 4.69) is 10.7 Å². The molecule has 14 heavy (non-hydrogen) atoms. The van der Waals surface area contributed by atoms with Crippen molar-refractivity contribution in [3.8, 4) is 12.3 Å². The quantitative estimate of drug-likeness (QED) is 0.479. The van der Waals surface area contributed by atoms with Gasteiger partial charge < -0.3 is 4.74 Å². The van der Waals surface area contributed by atoms with E-state index >= 15 is 0 Å². The summed E-state index contributed by atoms with van der Waals surface area (Å²) in [6, 6.07) is 0. The lowest BCUT2D eigenvalue weighted by atomic mass is 9.78. The van der Waals surface area contributed by atoms with E-state index in [-0.39, 0.29) is 12.8 Å². The van der Waals surface area contributed by atoms with Gasteiger partial charge in [0.1, 0.15) is 0 Å². The van der Waals surface area contributed by atoms with Gasteiger partial charge in [0.25, 0.3) is 0 Å². The van der Waals surface area contributed by atoms with Crippen molar-refractivity contribution in [3.05, 3.63) is 0 Å². The summed E-state index contributed by atoms with van der Waals surface area (Å²) < 4.78 is 30.4. The zero-order valence-electron chi connectivity index (χ0n) is 7.93. The third kappa shape index (κ3) is 2.22. The van der Waals surface area contributed by atoms with Gasteiger partial charge in [0.15, 0.2) is 0 Å². The van der Waals surface area contributed by atoms with Crippen molar-refractivity contribution >= 4 is 5.97 Å². The van der Waals surface area contributed by atoms with Gasteiger partial charge in [-0.05, 0) is 6.42 Å². The van der Waals surface area contributed by atoms with Crippen LogP contribution in [0.1, 0.15) is 19.3 Å². The summed E-state index contributed by atoms with van der Waals surface area (Å²) in [5, 5.41) is 0. The molecule has 78 valence electrons. The molecule has 0 radical (unpaired) electrons. The van der Waals surface area contributed by atoms with Gasteiger partial charge in [-0.1, -0.05) is 0 Å². The number of methoxy groups -OCH3 is 1. The van der Waals surface area contributed by atoms with Gasteiger partial charge >= 0.3 is 5.97 Å². The third-order valence-corrected chi connectivity index (χ3v) is 2.54. The van der Waals surface area contributed by atoms with Crippen molar-refractivity contribution in [2.24, 2.45) is 11.8 Å². The molecule has 1 aliphatic carbocycles. The number of carbonyl (C=O) groups excluding carboxylic acids is 1. The van der Waals surface area contributed by atoms with E-state index in [4.69, 9.17) is 6.42 Å². The van der Waals surface area contributed by atoms with Crippen LogP contribution in [0.4, 0.5) is 8.78 Å². The zero-order valence-corrected chi connectivity index (χ0v) is 7.93. The maximum atomic E-state index is 13.0. The van der Waals surface area contributed by atoms with Gasteiger partial charge in [0.05, 0.1) is 13.0 Å². The Hall–Kier alpha value is -1.11. The summed E-state index contributed by atoms with van der Waals surface area (Å²) >= 11 is 0. The molecule has 2 atom stereocenters. The van der Waals surface area contributed by atoms with Gasteiger partial charge in [-0.2, -0.15) is 0 Å². The average molecular weight is 202 g/mol. The Labute approximate surface area is 81.6 Å². The number of halogens is 2. The van der Waals surface area contributed by atoms with Crippen LogP contribution in [0.5, 0.6) is 0 Å². The summed E-state index contributed by atoms with van der Waals surface area (Å²) in [5.41, 5.74) is 0. The predicted molar refractivity (Wildman–Crippen MR) is 46.6 cm³/mol. The van der Waals surface area contributed by atoms with Crippen molar-refractivity contribution in [2.75, 3.05) is 7.11 Å². The first-order chi connectivity index (χ1) is 6.50. The minimum atomic E-state index is -2.79. The van der Waals surface area contributed by atoms with Gasteiger partial charge in [-0.3, -0.25) is 4.79 Å². The van der Waals surface area contributed by atoms with Gasteiger partial charge in [0, 0.05) is 18.8 Å². The largest absolute Gasteiger partial charge is 0.469 e. The highest BCUT2D eigenvalue weighted by Crippen LogP contribution is 2.40. The van der Waals surface area contributed by atoms with E-state index < -0.39 is 30.1 Å². The smallest absolute Gasteiger partial charge is 0.310 e. The first kappa shape index (κ1) is 11.0. The first-order valence-electron chi connectivity index (χ1n) is 4.42. The van der Waals surface area contributed by atoms with Crippen LogP contribution in [0, 0.1) is 24.2 Å². The first-order valence-corrected chi connectivity index (χ1v) is 4.42. The summed E-state index contributed by atoms with van der Waals surface area (Å²) in [7, 11) is 1.18. The SMILES string of the molecule is C#C[C@@H]1CCC(F)(F)C[C@H]1C(=O)OC. The molecule has 0 amide bonds. The topological polar surface area (TPSA) is 26.3 Å². The van der Waals surface area contributed by atoms with Crippen LogP contribution in [0.15, 0.2) is 0 Å². The molecule has 0 bridgehead atoms. The monoisotopic (exact) mass is 202 g/mol. The number of hydrogen-bond donors (Lipinski definition) is 0. The normalized spacial score (nSPS) is 30.4. The predicted octanol–water partition coefficient (Wildman–Crippen LogP) is 1.84. The molecular weight excluding hydrogens is 190 g/mol. The molecule has 4 heteroatoms. The highest BCUT2D eigenvalue weighted by atomic mass is 19.3. The molecule has 1 rings (SSSR count). The molecule has 0 aromatic rings. The van der Waals surface area contributed by atoms with Gasteiger partial charge in [-0.25, -0.2) is 8.78 Å². The number of hydrogen-bond acceptors (Lipinski definition) is 2. The molecular formula is C10H12F2O2. The molecule has 0 saturated heterocycles. The Kier molecular flexibility index (Phi) is 3.10. The van der Waals surface area contributed by atoms with Crippen LogP contribution < -0.4 is 0 Å². The Morgan fingerprint density at radius 2 is 2.29 bits per heavy atom. The van der Waals surface area contributed by atoms with E-state index in [0.29, 0.717) is 0 Å². The number of alkyl halides is 2. The second kappa shape index (κ2) is 3.95. The van der Waals surface area contributed by atoms with Crippen LogP contribution >= 0.6 is 0 Å². The lowest BCUT2D eigenvalue weighted by Crippen LogP contribution is -2.36. The molecule has 1 aliphatic rings. The minimum absolute atomic E-state index is 0.184. The average Bonchev–Trinajstić information content (AvgIpc) is 2.15. The zero-order chi connectivity index (χ0) is 10.8. The van der Waals surface area contributed by atoms with Crippen molar-refractivity contribution < 1.29 is 18.3 Å².